The molecule has 0 aromatic carbocycles. The lowest BCUT2D eigenvalue weighted by molar-refractivity contribution is -0.128. The summed E-state index contributed by atoms with van der Waals surface area (Å²) in [7, 11) is 1.71. The summed E-state index contributed by atoms with van der Waals surface area (Å²) in [5, 5.41) is 3.43. The number of nitrogens with one attached hydrogen (secondary N) is 1. The summed E-state index contributed by atoms with van der Waals surface area (Å²) in [6.45, 7) is 7.65. The summed E-state index contributed by atoms with van der Waals surface area (Å²) < 4.78 is 5.20. The summed E-state index contributed by atoms with van der Waals surface area (Å²) in [6.07, 6.45) is 2.93. The molecule has 1 N–H and O–H groups in total. The van der Waals surface area contributed by atoms with Gasteiger partial charge in [-0.1, -0.05) is 20.3 Å². The molecule has 4 nitrogen and oxygen atoms in total. The topological polar surface area (TPSA) is 41.6 Å². The van der Waals surface area contributed by atoms with E-state index < -0.39 is 0 Å². The Hall–Kier alpha value is -0.610. The highest BCUT2D eigenvalue weighted by molar-refractivity contribution is 5.78. The number of carbonyl (C=O) groups is 1. The quantitative estimate of drug-likeness (QED) is 0.697. The maximum atomic E-state index is 11.8. The number of amides is 1. The fourth-order valence-electron chi connectivity index (χ4n) is 2.30. The molecule has 0 aliphatic carbocycles. The first-order valence-corrected chi connectivity index (χ1v) is 6.71. The van der Waals surface area contributed by atoms with E-state index in [1.54, 1.807) is 7.11 Å². The first-order valence-electron chi connectivity index (χ1n) is 6.71. The fraction of sp³-hybridized carbons (Fsp3) is 0.923. The zero-order valence-corrected chi connectivity index (χ0v) is 11.4. The largest absolute Gasteiger partial charge is 0.383 e. The third-order valence-electron chi connectivity index (χ3n) is 3.36. The SMILES string of the molecule is CCCNC(COC)CN1CC(CC)CC1=O. The Morgan fingerprint density at radius 2 is 2.29 bits per heavy atom. The van der Waals surface area contributed by atoms with Crippen LogP contribution in [0.1, 0.15) is 33.1 Å². The van der Waals surface area contributed by atoms with Gasteiger partial charge in [0.05, 0.1) is 6.61 Å². The maximum Gasteiger partial charge on any atom is 0.222 e. The van der Waals surface area contributed by atoms with Crippen LogP contribution in [0.2, 0.25) is 0 Å². The average Bonchev–Trinajstić information content (AvgIpc) is 2.67. The molecule has 0 spiro atoms. The van der Waals surface area contributed by atoms with Crippen LogP contribution < -0.4 is 5.32 Å². The van der Waals surface area contributed by atoms with Crippen molar-refractivity contribution >= 4 is 5.91 Å². The predicted octanol–water partition coefficient (Wildman–Crippen LogP) is 1.26. The van der Waals surface area contributed by atoms with Gasteiger partial charge in [0, 0.05) is 32.7 Å². The van der Waals surface area contributed by atoms with Gasteiger partial charge in [0.1, 0.15) is 0 Å². The lowest BCUT2D eigenvalue weighted by atomic mass is 10.1. The van der Waals surface area contributed by atoms with Crippen LogP contribution in [0.3, 0.4) is 0 Å². The summed E-state index contributed by atoms with van der Waals surface area (Å²) >= 11 is 0. The molecule has 2 unspecified atom stereocenters. The standard InChI is InChI=1S/C13H26N2O2/c1-4-6-14-12(10-17-3)9-15-8-11(5-2)7-13(15)16/h11-12,14H,4-10H2,1-3H3. The normalized spacial score (nSPS) is 22.2. The van der Waals surface area contributed by atoms with Gasteiger partial charge in [0.25, 0.3) is 0 Å². The highest BCUT2D eigenvalue weighted by atomic mass is 16.5. The van der Waals surface area contributed by atoms with Crippen molar-refractivity contribution in [1.29, 1.82) is 0 Å². The minimum absolute atomic E-state index is 0.263. The van der Waals surface area contributed by atoms with Crippen LogP contribution in [-0.2, 0) is 9.53 Å². The third-order valence-corrected chi connectivity index (χ3v) is 3.36. The maximum absolute atomic E-state index is 11.8. The van der Waals surface area contributed by atoms with E-state index in [9.17, 15) is 4.79 Å². The molecule has 1 saturated heterocycles. The number of hydrogen-bond donors (Lipinski definition) is 1. The molecule has 1 amide bonds. The number of rotatable bonds is 8. The molecule has 4 heteroatoms. The summed E-state index contributed by atoms with van der Waals surface area (Å²) in [5.74, 6) is 0.855. The van der Waals surface area contributed by atoms with E-state index in [0.717, 1.165) is 38.9 Å². The van der Waals surface area contributed by atoms with Gasteiger partial charge in [0.15, 0.2) is 0 Å². The van der Waals surface area contributed by atoms with Crippen LogP contribution in [0.4, 0.5) is 0 Å². The molecule has 1 fully saturated rings. The summed E-state index contributed by atoms with van der Waals surface area (Å²) in [4.78, 5) is 13.8. The van der Waals surface area contributed by atoms with Gasteiger partial charge < -0.3 is 15.0 Å². The van der Waals surface area contributed by atoms with E-state index in [-0.39, 0.29) is 6.04 Å². The van der Waals surface area contributed by atoms with Gasteiger partial charge in [-0.05, 0) is 18.9 Å². The van der Waals surface area contributed by atoms with Crippen molar-refractivity contribution < 1.29 is 9.53 Å². The highest BCUT2D eigenvalue weighted by Gasteiger charge is 2.29. The second-order valence-corrected chi connectivity index (χ2v) is 4.88. The van der Waals surface area contributed by atoms with E-state index in [1.165, 1.54) is 0 Å². The van der Waals surface area contributed by atoms with Gasteiger partial charge in [-0.15, -0.1) is 0 Å². The second kappa shape index (κ2) is 7.67. The minimum Gasteiger partial charge on any atom is -0.383 e. The number of carbonyl (C=O) groups excluding carboxylic acids is 1. The zero-order chi connectivity index (χ0) is 12.7. The van der Waals surface area contributed by atoms with Crippen molar-refractivity contribution in [3.05, 3.63) is 0 Å². The van der Waals surface area contributed by atoms with E-state index in [1.807, 2.05) is 4.90 Å². The van der Waals surface area contributed by atoms with Crippen LogP contribution in [0.15, 0.2) is 0 Å². The molecule has 1 rings (SSSR count). The van der Waals surface area contributed by atoms with E-state index in [4.69, 9.17) is 4.74 Å². The van der Waals surface area contributed by atoms with Gasteiger partial charge in [0.2, 0.25) is 5.91 Å². The van der Waals surface area contributed by atoms with Crippen LogP contribution >= 0.6 is 0 Å². The second-order valence-electron chi connectivity index (χ2n) is 4.88. The van der Waals surface area contributed by atoms with Gasteiger partial charge in [-0.25, -0.2) is 0 Å². The van der Waals surface area contributed by atoms with Crippen molar-refractivity contribution in [1.82, 2.24) is 10.2 Å². The Labute approximate surface area is 105 Å². The molecule has 1 aliphatic heterocycles. The summed E-state index contributed by atoms with van der Waals surface area (Å²) in [6, 6.07) is 0.263. The number of nitrogens with zero attached hydrogens (tertiary/aromatic N) is 1. The zero-order valence-electron chi connectivity index (χ0n) is 11.4. The Kier molecular flexibility index (Phi) is 6.52. The molecule has 0 saturated carbocycles. The van der Waals surface area contributed by atoms with Gasteiger partial charge in [-0.3, -0.25) is 4.79 Å². The number of hydrogen-bond acceptors (Lipinski definition) is 3. The Balaban J connectivity index is 2.40. The molecular weight excluding hydrogens is 216 g/mol. The number of ether oxygens (including phenoxy) is 1. The van der Waals surface area contributed by atoms with Crippen LogP contribution in [0, 0.1) is 5.92 Å². The van der Waals surface area contributed by atoms with Crippen molar-refractivity contribution in [3.8, 4) is 0 Å². The lowest BCUT2D eigenvalue weighted by Crippen LogP contribution is -2.44. The minimum atomic E-state index is 0.263. The van der Waals surface area contributed by atoms with Crippen molar-refractivity contribution in [2.75, 3.05) is 33.4 Å². The first kappa shape index (κ1) is 14.5. The summed E-state index contributed by atoms with van der Waals surface area (Å²) in [5.41, 5.74) is 0. The van der Waals surface area contributed by atoms with Crippen LogP contribution in [-0.4, -0.2) is 50.2 Å². The lowest BCUT2D eigenvalue weighted by Gasteiger charge is -2.24. The molecule has 0 aromatic heterocycles. The first-order chi connectivity index (χ1) is 8.21. The van der Waals surface area contributed by atoms with Crippen molar-refractivity contribution in [2.45, 2.75) is 39.2 Å². The molecule has 100 valence electrons. The monoisotopic (exact) mass is 242 g/mol. The van der Waals surface area contributed by atoms with E-state index in [2.05, 4.69) is 19.2 Å². The van der Waals surface area contributed by atoms with Crippen LogP contribution in [0.25, 0.3) is 0 Å². The molecule has 1 aliphatic rings. The molecular formula is C13H26N2O2. The highest BCUT2D eigenvalue weighted by Crippen LogP contribution is 2.20. The Morgan fingerprint density at radius 1 is 1.53 bits per heavy atom. The van der Waals surface area contributed by atoms with Crippen molar-refractivity contribution in [2.24, 2.45) is 5.92 Å². The molecule has 0 radical (unpaired) electrons. The number of likely N-dealkylation sites (tertiary alicyclic amines) is 1. The fourth-order valence-corrected chi connectivity index (χ4v) is 2.30. The van der Waals surface area contributed by atoms with E-state index >= 15 is 0 Å². The van der Waals surface area contributed by atoms with E-state index in [0.29, 0.717) is 18.4 Å². The molecule has 0 bridgehead atoms. The third kappa shape index (κ3) is 4.64. The van der Waals surface area contributed by atoms with Crippen LogP contribution in [0.5, 0.6) is 0 Å². The smallest absolute Gasteiger partial charge is 0.222 e. The molecule has 17 heavy (non-hydrogen) atoms. The Morgan fingerprint density at radius 3 is 2.82 bits per heavy atom. The van der Waals surface area contributed by atoms with Gasteiger partial charge >= 0.3 is 0 Å². The van der Waals surface area contributed by atoms with Crippen molar-refractivity contribution in [3.63, 3.8) is 0 Å². The number of methoxy groups -OCH3 is 1. The molecule has 1 heterocycles. The predicted molar refractivity (Wildman–Crippen MR) is 68.9 cm³/mol. The average molecular weight is 242 g/mol. The molecule has 2 atom stereocenters. The molecule has 0 aromatic rings. The Bertz CT molecular complexity index is 233. The van der Waals surface area contributed by atoms with Gasteiger partial charge in [-0.2, -0.15) is 0 Å².